The van der Waals surface area contributed by atoms with Crippen molar-refractivity contribution >= 4 is 17.8 Å². The summed E-state index contributed by atoms with van der Waals surface area (Å²) in [6, 6.07) is 3.82. The standard InChI is InChI=1S/C8H11N3O.C2H2O4/c1-12-8-4-6-11(8)7-3-2-5-9-10-7;3-1(4)2(5)6/h2-3,5,8H,4,6H2,1H3;(H,3,4)(H,5,6)/t8-;/m0./s1. The minimum Gasteiger partial charge on any atom is -0.473 e. The molecule has 0 amide bonds. The molecule has 0 bridgehead atoms. The monoisotopic (exact) mass is 255 g/mol. The summed E-state index contributed by atoms with van der Waals surface area (Å²) >= 11 is 0. The van der Waals surface area contributed by atoms with Crippen molar-refractivity contribution in [2.24, 2.45) is 0 Å². The lowest BCUT2D eigenvalue weighted by Crippen LogP contribution is -2.49. The summed E-state index contributed by atoms with van der Waals surface area (Å²) in [6.07, 6.45) is 2.94. The number of carbonyl (C=O) groups is 2. The van der Waals surface area contributed by atoms with E-state index in [1.807, 2.05) is 12.1 Å². The number of methoxy groups -OCH3 is 1. The fourth-order valence-corrected chi connectivity index (χ4v) is 1.32. The van der Waals surface area contributed by atoms with Crippen molar-refractivity contribution in [2.75, 3.05) is 18.6 Å². The zero-order valence-electron chi connectivity index (χ0n) is 9.68. The first-order valence-corrected chi connectivity index (χ1v) is 5.09. The average Bonchev–Trinajstić information content (AvgIpc) is 2.30. The number of hydrogen-bond donors (Lipinski definition) is 2. The lowest BCUT2D eigenvalue weighted by atomic mass is 10.2. The van der Waals surface area contributed by atoms with Crippen LogP contribution in [0.4, 0.5) is 5.82 Å². The normalized spacial score (nSPS) is 17.2. The molecule has 1 aliphatic heterocycles. The molecule has 1 aromatic rings. The van der Waals surface area contributed by atoms with E-state index in [0.29, 0.717) is 0 Å². The maximum atomic E-state index is 9.10. The Hall–Kier alpha value is -2.22. The second-order valence-corrected chi connectivity index (χ2v) is 3.36. The van der Waals surface area contributed by atoms with Crippen molar-refractivity contribution in [1.29, 1.82) is 0 Å². The second-order valence-electron chi connectivity index (χ2n) is 3.36. The van der Waals surface area contributed by atoms with Crippen molar-refractivity contribution in [3.05, 3.63) is 18.3 Å². The van der Waals surface area contributed by atoms with Crippen molar-refractivity contribution in [1.82, 2.24) is 10.2 Å². The Kier molecular flexibility index (Phi) is 5.00. The third kappa shape index (κ3) is 3.67. The number of carboxylic acid groups (broad SMARTS) is 2. The third-order valence-corrected chi connectivity index (χ3v) is 2.27. The number of carboxylic acids is 2. The molecule has 2 rings (SSSR count). The summed E-state index contributed by atoms with van der Waals surface area (Å²) in [7, 11) is 1.72. The van der Waals surface area contributed by atoms with Crippen molar-refractivity contribution < 1.29 is 24.5 Å². The molecule has 2 heterocycles. The molecule has 0 saturated carbocycles. The minimum atomic E-state index is -1.82. The fraction of sp³-hybridized carbons (Fsp3) is 0.400. The first-order chi connectivity index (χ1) is 8.56. The van der Waals surface area contributed by atoms with E-state index in [1.54, 1.807) is 13.3 Å². The van der Waals surface area contributed by atoms with Gasteiger partial charge in [0, 0.05) is 26.3 Å². The molecule has 98 valence electrons. The second kappa shape index (κ2) is 6.50. The number of anilines is 1. The van der Waals surface area contributed by atoms with E-state index in [4.69, 9.17) is 24.5 Å². The molecule has 1 atom stereocenters. The average molecular weight is 255 g/mol. The molecule has 0 aromatic carbocycles. The fourth-order valence-electron chi connectivity index (χ4n) is 1.32. The molecule has 1 aliphatic rings. The third-order valence-electron chi connectivity index (χ3n) is 2.27. The van der Waals surface area contributed by atoms with Crippen LogP contribution in [0.1, 0.15) is 6.42 Å². The van der Waals surface area contributed by atoms with Crippen molar-refractivity contribution in [3.63, 3.8) is 0 Å². The quantitative estimate of drug-likeness (QED) is 0.699. The number of nitrogens with zero attached hydrogens (tertiary/aromatic N) is 3. The highest BCUT2D eigenvalue weighted by Crippen LogP contribution is 2.23. The summed E-state index contributed by atoms with van der Waals surface area (Å²) in [5.41, 5.74) is 0. The summed E-state index contributed by atoms with van der Waals surface area (Å²) in [6.45, 7) is 1.01. The van der Waals surface area contributed by atoms with Gasteiger partial charge < -0.3 is 19.8 Å². The van der Waals surface area contributed by atoms with Gasteiger partial charge >= 0.3 is 11.9 Å². The van der Waals surface area contributed by atoms with Gasteiger partial charge in [-0.3, -0.25) is 0 Å². The van der Waals surface area contributed by atoms with Gasteiger partial charge in [-0.25, -0.2) is 9.59 Å². The van der Waals surface area contributed by atoms with Crippen LogP contribution in [0.5, 0.6) is 0 Å². The zero-order chi connectivity index (χ0) is 13.5. The van der Waals surface area contributed by atoms with Crippen molar-refractivity contribution in [2.45, 2.75) is 12.6 Å². The first kappa shape index (κ1) is 13.8. The number of aliphatic carboxylic acids is 2. The van der Waals surface area contributed by atoms with Gasteiger partial charge in [-0.15, -0.1) is 5.10 Å². The summed E-state index contributed by atoms with van der Waals surface area (Å²) in [4.78, 5) is 20.3. The molecule has 0 aliphatic carbocycles. The molecule has 8 heteroatoms. The molecule has 8 nitrogen and oxygen atoms in total. The van der Waals surface area contributed by atoms with E-state index in [1.165, 1.54) is 0 Å². The number of hydrogen-bond acceptors (Lipinski definition) is 6. The minimum absolute atomic E-state index is 0.196. The van der Waals surface area contributed by atoms with Crippen molar-refractivity contribution in [3.8, 4) is 0 Å². The van der Waals surface area contributed by atoms with Crippen LogP contribution in [-0.4, -0.2) is 52.2 Å². The van der Waals surface area contributed by atoms with E-state index in [2.05, 4.69) is 15.1 Å². The van der Waals surface area contributed by atoms with Gasteiger partial charge in [0.25, 0.3) is 0 Å². The smallest absolute Gasteiger partial charge is 0.414 e. The largest absolute Gasteiger partial charge is 0.473 e. The Balaban J connectivity index is 0.000000232. The van der Waals surface area contributed by atoms with Crippen LogP contribution in [0.15, 0.2) is 18.3 Å². The molecule has 0 spiro atoms. The molecule has 1 saturated heterocycles. The van der Waals surface area contributed by atoms with E-state index < -0.39 is 11.9 Å². The number of ether oxygens (including phenoxy) is 1. The molecule has 0 unspecified atom stereocenters. The maximum absolute atomic E-state index is 9.10. The molecule has 1 fully saturated rings. The van der Waals surface area contributed by atoms with E-state index in [9.17, 15) is 0 Å². The molecule has 18 heavy (non-hydrogen) atoms. The van der Waals surface area contributed by atoms with Gasteiger partial charge in [0.15, 0.2) is 5.82 Å². The first-order valence-electron chi connectivity index (χ1n) is 5.09. The number of aromatic nitrogens is 2. The molecule has 0 radical (unpaired) electrons. The van der Waals surface area contributed by atoms with Crippen LogP contribution < -0.4 is 4.90 Å². The Morgan fingerprint density at radius 2 is 2.11 bits per heavy atom. The Morgan fingerprint density at radius 3 is 2.44 bits per heavy atom. The summed E-state index contributed by atoms with van der Waals surface area (Å²) in [5, 5.41) is 22.6. The predicted octanol–water partition coefficient (Wildman–Crippen LogP) is -0.185. The van der Waals surface area contributed by atoms with Gasteiger partial charge in [-0.2, -0.15) is 5.10 Å². The highest BCUT2D eigenvalue weighted by atomic mass is 16.5. The van der Waals surface area contributed by atoms with Crippen LogP contribution >= 0.6 is 0 Å². The summed E-state index contributed by atoms with van der Waals surface area (Å²) < 4.78 is 5.21. The maximum Gasteiger partial charge on any atom is 0.414 e. The lowest BCUT2D eigenvalue weighted by molar-refractivity contribution is -0.159. The van der Waals surface area contributed by atoms with Gasteiger partial charge in [0.2, 0.25) is 0 Å². The number of rotatable bonds is 2. The molecule has 1 aromatic heterocycles. The predicted molar refractivity (Wildman–Crippen MR) is 60.1 cm³/mol. The molecular weight excluding hydrogens is 242 g/mol. The van der Waals surface area contributed by atoms with Gasteiger partial charge in [0.05, 0.1) is 0 Å². The molecule has 2 N–H and O–H groups in total. The zero-order valence-corrected chi connectivity index (χ0v) is 9.68. The van der Waals surface area contributed by atoms with E-state index in [0.717, 1.165) is 18.8 Å². The van der Waals surface area contributed by atoms with Crippen LogP contribution in [0.25, 0.3) is 0 Å². The van der Waals surface area contributed by atoms with E-state index in [-0.39, 0.29) is 6.23 Å². The summed E-state index contributed by atoms with van der Waals surface area (Å²) in [5.74, 6) is -2.75. The van der Waals surface area contributed by atoms with Crippen LogP contribution in [-0.2, 0) is 14.3 Å². The highest BCUT2D eigenvalue weighted by Gasteiger charge is 2.28. The van der Waals surface area contributed by atoms with E-state index >= 15 is 0 Å². The van der Waals surface area contributed by atoms with Gasteiger partial charge in [-0.1, -0.05) is 0 Å². The van der Waals surface area contributed by atoms with Gasteiger partial charge in [-0.05, 0) is 12.1 Å². The van der Waals surface area contributed by atoms with Crippen LogP contribution in [0.3, 0.4) is 0 Å². The SMILES string of the molecule is CO[C@H]1CCN1c1cccnn1.O=C(O)C(=O)O. The topological polar surface area (TPSA) is 113 Å². The highest BCUT2D eigenvalue weighted by molar-refractivity contribution is 6.27. The Morgan fingerprint density at radius 1 is 1.44 bits per heavy atom. The van der Waals surface area contributed by atoms with Gasteiger partial charge in [0.1, 0.15) is 6.23 Å². The van der Waals surface area contributed by atoms with Crippen LogP contribution in [0.2, 0.25) is 0 Å². The Bertz CT molecular complexity index is 397. The lowest BCUT2D eigenvalue weighted by Gasteiger charge is -2.40. The molecular formula is C10H13N3O5. The van der Waals surface area contributed by atoms with Crippen LogP contribution in [0, 0.1) is 0 Å². The Labute approximate surface area is 103 Å².